The van der Waals surface area contributed by atoms with Crippen LogP contribution in [0.5, 0.6) is 0 Å². The van der Waals surface area contributed by atoms with Gasteiger partial charge >= 0.3 is 0 Å². The van der Waals surface area contributed by atoms with Crippen LogP contribution in [-0.4, -0.2) is 47.2 Å². The van der Waals surface area contributed by atoms with Gasteiger partial charge in [0.05, 0.1) is 24.2 Å². The Hall–Kier alpha value is -1.20. The van der Waals surface area contributed by atoms with Crippen LogP contribution in [0.2, 0.25) is 0 Å². The molecule has 0 aromatic carbocycles. The third-order valence-corrected chi connectivity index (χ3v) is 3.51. The summed E-state index contributed by atoms with van der Waals surface area (Å²) in [6.07, 6.45) is 7.56. The third-order valence-electron chi connectivity index (χ3n) is 3.51. The van der Waals surface area contributed by atoms with Gasteiger partial charge in [-0.2, -0.15) is 0 Å². The number of piperidine rings is 1. The summed E-state index contributed by atoms with van der Waals surface area (Å²) in [7, 11) is 0. The molecular weight excluding hydrogens is 252 g/mol. The van der Waals surface area contributed by atoms with Crippen LogP contribution in [0.3, 0.4) is 0 Å². The average Bonchev–Trinajstić information content (AvgIpc) is 2.47. The van der Waals surface area contributed by atoms with E-state index in [-0.39, 0.29) is 0 Å². The molecule has 0 spiro atoms. The zero-order chi connectivity index (χ0) is 14.2. The highest BCUT2D eigenvalue weighted by molar-refractivity contribution is 5.30. The molecule has 20 heavy (non-hydrogen) atoms. The minimum Gasteiger partial charge on any atom is -0.377 e. The van der Waals surface area contributed by atoms with Gasteiger partial charge in [0.2, 0.25) is 0 Å². The van der Waals surface area contributed by atoms with Crippen molar-refractivity contribution in [1.82, 2.24) is 14.9 Å². The van der Waals surface area contributed by atoms with E-state index in [2.05, 4.69) is 34.0 Å². The van der Waals surface area contributed by atoms with Crippen molar-refractivity contribution >= 4 is 5.82 Å². The number of likely N-dealkylation sites (tertiary alicyclic amines) is 1. The fourth-order valence-corrected chi connectivity index (χ4v) is 2.54. The summed E-state index contributed by atoms with van der Waals surface area (Å²) in [5, 5.41) is 3.24. The summed E-state index contributed by atoms with van der Waals surface area (Å²) < 4.78 is 5.73. The highest BCUT2D eigenvalue weighted by Gasteiger charge is 2.20. The van der Waals surface area contributed by atoms with Crippen molar-refractivity contribution in [2.45, 2.75) is 45.8 Å². The Balaban J connectivity index is 1.83. The summed E-state index contributed by atoms with van der Waals surface area (Å²) >= 11 is 0. The standard InChI is InChI=1S/C15H26N4O/c1-3-7-16-15-10-17-13(9-18-15)11-19-8-5-6-14(12-19)20-4-2/h9-10,14H,3-8,11-12H2,1-2H3,(H,16,18). The van der Waals surface area contributed by atoms with E-state index in [0.29, 0.717) is 6.10 Å². The molecule has 1 atom stereocenters. The van der Waals surface area contributed by atoms with Gasteiger partial charge < -0.3 is 10.1 Å². The molecular formula is C15H26N4O. The molecule has 2 heterocycles. The van der Waals surface area contributed by atoms with Crippen molar-refractivity contribution in [3.05, 3.63) is 18.1 Å². The van der Waals surface area contributed by atoms with Gasteiger partial charge in [-0.15, -0.1) is 0 Å². The van der Waals surface area contributed by atoms with Crippen molar-refractivity contribution in [3.8, 4) is 0 Å². The first-order valence-corrected chi connectivity index (χ1v) is 7.70. The van der Waals surface area contributed by atoms with E-state index >= 15 is 0 Å². The first-order chi connectivity index (χ1) is 9.81. The Labute approximate surface area is 121 Å². The molecule has 1 aromatic heterocycles. The molecule has 112 valence electrons. The zero-order valence-corrected chi connectivity index (χ0v) is 12.6. The van der Waals surface area contributed by atoms with Crippen LogP contribution in [0.25, 0.3) is 0 Å². The molecule has 1 aromatic rings. The van der Waals surface area contributed by atoms with Gasteiger partial charge in [0.25, 0.3) is 0 Å². The SMILES string of the molecule is CCCNc1cnc(CN2CCCC(OCC)C2)cn1. The van der Waals surface area contributed by atoms with Crippen molar-refractivity contribution in [2.24, 2.45) is 0 Å². The minimum absolute atomic E-state index is 0.382. The van der Waals surface area contributed by atoms with Crippen LogP contribution in [-0.2, 0) is 11.3 Å². The van der Waals surface area contributed by atoms with Crippen molar-refractivity contribution in [3.63, 3.8) is 0 Å². The molecule has 5 heteroatoms. The Morgan fingerprint density at radius 1 is 1.35 bits per heavy atom. The summed E-state index contributed by atoms with van der Waals surface area (Å²) in [5.41, 5.74) is 1.03. The molecule has 0 radical (unpaired) electrons. The monoisotopic (exact) mass is 278 g/mol. The van der Waals surface area contributed by atoms with Crippen molar-refractivity contribution in [2.75, 3.05) is 31.6 Å². The number of nitrogens with zero attached hydrogens (tertiary/aromatic N) is 3. The molecule has 1 aliphatic heterocycles. The molecule has 0 saturated carbocycles. The van der Waals surface area contributed by atoms with Gasteiger partial charge in [-0.25, -0.2) is 4.98 Å². The minimum atomic E-state index is 0.382. The fraction of sp³-hybridized carbons (Fsp3) is 0.733. The smallest absolute Gasteiger partial charge is 0.144 e. The predicted octanol–water partition coefficient (Wildman–Crippen LogP) is 2.30. The van der Waals surface area contributed by atoms with Gasteiger partial charge in [-0.1, -0.05) is 6.92 Å². The summed E-state index contributed by atoms with van der Waals surface area (Å²) in [4.78, 5) is 11.3. The average molecular weight is 278 g/mol. The Morgan fingerprint density at radius 2 is 2.25 bits per heavy atom. The van der Waals surface area contributed by atoms with E-state index in [1.165, 1.54) is 12.8 Å². The second-order valence-electron chi connectivity index (χ2n) is 5.27. The molecule has 0 aliphatic carbocycles. The maximum absolute atomic E-state index is 5.73. The number of hydrogen-bond acceptors (Lipinski definition) is 5. The quantitative estimate of drug-likeness (QED) is 0.829. The zero-order valence-electron chi connectivity index (χ0n) is 12.6. The van der Waals surface area contributed by atoms with Crippen LogP contribution >= 0.6 is 0 Å². The number of rotatable bonds is 7. The summed E-state index contributed by atoms with van der Waals surface area (Å²) in [6.45, 7) is 8.94. The first-order valence-electron chi connectivity index (χ1n) is 7.70. The fourth-order valence-electron chi connectivity index (χ4n) is 2.54. The largest absolute Gasteiger partial charge is 0.377 e. The Kier molecular flexibility index (Phi) is 6.21. The first kappa shape index (κ1) is 15.2. The molecule has 0 amide bonds. The highest BCUT2D eigenvalue weighted by Crippen LogP contribution is 2.15. The maximum Gasteiger partial charge on any atom is 0.144 e. The van der Waals surface area contributed by atoms with Crippen LogP contribution in [0.4, 0.5) is 5.82 Å². The lowest BCUT2D eigenvalue weighted by Gasteiger charge is -2.32. The third kappa shape index (κ3) is 4.72. The lowest BCUT2D eigenvalue weighted by atomic mass is 10.1. The van der Waals surface area contributed by atoms with Crippen LogP contribution < -0.4 is 5.32 Å². The van der Waals surface area contributed by atoms with Gasteiger partial charge in [-0.3, -0.25) is 9.88 Å². The molecule has 1 fully saturated rings. The second-order valence-corrected chi connectivity index (χ2v) is 5.27. The van der Waals surface area contributed by atoms with E-state index in [1.54, 1.807) is 0 Å². The number of hydrogen-bond donors (Lipinski definition) is 1. The van der Waals surface area contributed by atoms with Crippen molar-refractivity contribution < 1.29 is 4.74 Å². The van der Waals surface area contributed by atoms with Gasteiger partial charge in [0.15, 0.2) is 0 Å². The normalized spacial score (nSPS) is 20.0. The van der Waals surface area contributed by atoms with E-state index in [4.69, 9.17) is 4.74 Å². The van der Waals surface area contributed by atoms with Crippen LogP contribution in [0, 0.1) is 0 Å². The number of anilines is 1. The molecule has 1 N–H and O–H groups in total. The number of nitrogens with one attached hydrogen (secondary N) is 1. The van der Waals surface area contributed by atoms with Crippen LogP contribution in [0.1, 0.15) is 38.8 Å². The topological polar surface area (TPSA) is 50.3 Å². The molecule has 1 saturated heterocycles. The van der Waals surface area contributed by atoms with Gasteiger partial charge in [0.1, 0.15) is 5.82 Å². The number of ether oxygens (including phenoxy) is 1. The molecule has 5 nitrogen and oxygen atoms in total. The maximum atomic E-state index is 5.73. The van der Waals surface area contributed by atoms with E-state index in [1.807, 2.05) is 12.4 Å². The lowest BCUT2D eigenvalue weighted by molar-refractivity contribution is 0.00329. The second kappa shape index (κ2) is 8.17. The highest BCUT2D eigenvalue weighted by atomic mass is 16.5. The van der Waals surface area contributed by atoms with Gasteiger partial charge in [0, 0.05) is 26.2 Å². The molecule has 2 rings (SSSR count). The number of aromatic nitrogens is 2. The molecule has 1 unspecified atom stereocenters. The summed E-state index contributed by atoms with van der Waals surface area (Å²) in [6, 6.07) is 0. The molecule has 0 bridgehead atoms. The van der Waals surface area contributed by atoms with Crippen LogP contribution in [0.15, 0.2) is 12.4 Å². The Bertz CT molecular complexity index is 380. The van der Waals surface area contributed by atoms with E-state index in [9.17, 15) is 0 Å². The summed E-state index contributed by atoms with van der Waals surface area (Å²) in [5.74, 6) is 0.862. The lowest BCUT2D eigenvalue weighted by Crippen LogP contribution is -2.39. The van der Waals surface area contributed by atoms with E-state index < -0.39 is 0 Å². The Morgan fingerprint density at radius 3 is 2.95 bits per heavy atom. The van der Waals surface area contributed by atoms with Crippen molar-refractivity contribution in [1.29, 1.82) is 0 Å². The van der Waals surface area contributed by atoms with E-state index in [0.717, 1.165) is 50.7 Å². The van der Waals surface area contributed by atoms with Gasteiger partial charge in [-0.05, 0) is 32.7 Å². The molecule has 1 aliphatic rings. The predicted molar refractivity (Wildman–Crippen MR) is 80.7 cm³/mol.